The number of ether oxygens (including phenoxy) is 1. The van der Waals surface area contributed by atoms with Crippen LogP contribution in [0.4, 0.5) is 5.82 Å². The number of hydrogen-bond donors (Lipinski definition) is 1. The van der Waals surface area contributed by atoms with Crippen LogP contribution >= 0.6 is 0 Å². The first-order chi connectivity index (χ1) is 9.13. The zero-order valence-corrected chi connectivity index (χ0v) is 12.1. The molecule has 2 rings (SSSR count). The van der Waals surface area contributed by atoms with Gasteiger partial charge >= 0.3 is 0 Å². The van der Waals surface area contributed by atoms with Gasteiger partial charge in [0.1, 0.15) is 0 Å². The molecule has 1 atom stereocenters. The summed E-state index contributed by atoms with van der Waals surface area (Å²) in [6, 6.07) is 0. The molecule has 2 heterocycles. The van der Waals surface area contributed by atoms with Crippen LogP contribution in [0, 0.1) is 19.8 Å². The van der Waals surface area contributed by atoms with Gasteiger partial charge in [-0.25, -0.2) is 0 Å². The van der Waals surface area contributed by atoms with Gasteiger partial charge in [-0.05, 0) is 38.2 Å². The van der Waals surface area contributed by atoms with E-state index in [0.717, 1.165) is 48.8 Å². The van der Waals surface area contributed by atoms with E-state index in [0.29, 0.717) is 12.5 Å². The molecule has 2 N–H and O–H groups in total. The van der Waals surface area contributed by atoms with E-state index in [9.17, 15) is 0 Å². The molecule has 0 saturated carbocycles. The van der Waals surface area contributed by atoms with E-state index in [1.54, 1.807) is 0 Å². The number of aryl methyl sites for hydroxylation is 1. The molecule has 1 saturated heterocycles. The van der Waals surface area contributed by atoms with Gasteiger partial charge in [0.05, 0.1) is 12.3 Å². The van der Waals surface area contributed by atoms with Gasteiger partial charge in [0.2, 0.25) is 0 Å². The van der Waals surface area contributed by atoms with Gasteiger partial charge in [0.15, 0.2) is 5.82 Å². The van der Waals surface area contributed by atoms with Gasteiger partial charge in [-0.15, -0.1) is 5.10 Å². The van der Waals surface area contributed by atoms with Gasteiger partial charge in [-0.3, -0.25) is 0 Å². The Morgan fingerprint density at radius 2 is 2.16 bits per heavy atom. The summed E-state index contributed by atoms with van der Waals surface area (Å²) < 4.78 is 5.53. The summed E-state index contributed by atoms with van der Waals surface area (Å²) in [7, 11) is 2.06. The summed E-state index contributed by atoms with van der Waals surface area (Å²) >= 11 is 0. The molecule has 1 aliphatic heterocycles. The highest BCUT2D eigenvalue weighted by atomic mass is 16.5. The lowest BCUT2D eigenvalue weighted by Gasteiger charge is -2.29. The van der Waals surface area contributed by atoms with Gasteiger partial charge in [0, 0.05) is 32.3 Å². The zero-order chi connectivity index (χ0) is 13.8. The van der Waals surface area contributed by atoms with Crippen LogP contribution in [-0.2, 0) is 11.3 Å². The fourth-order valence-corrected chi connectivity index (χ4v) is 2.62. The Labute approximate surface area is 115 Å². The lowest BCUT2D eigenvalue weighted by molar-refractivity contribution is 0.0576. The van der Waals surface area contributed by atoms with Crippen LogP contribution in [0.15, 0.2) is 0 Å². The van der Waals surface area contributed by atoms with Gasteiger partial charge in [-0.1, -0.05) is 0 Å². The third-order valence-corrected chi connectivity index (χ3v) is 3.91. The highest BCUT2D eigenvalue weighted by Gasteiger charge is 2.19. The standard InChI is InChI=1S/C14H24N4O/c1-10-11(2)16-17-14(13(10)7-15)18(3)8-12-5-4-6-19-9-12/h12H,4-9,15H2,1-3H3. The molecule has 1 aromatic heterocycles. The molecule has 19 heavy (non-hydrogen) atoms. The molecule has 1 aliphatic rings. The van der Waals surface area contributed by atoms with Crippen molar-refractivity contribution in [2.75, 3.05) is 31.7 Å². The van der Waals surface area contributed by atoms with Gasteiger partial charge < -0.3 is 15.4 Å². The van der Waals surface area contributed by atoms with Crippen LogP contribution in [0.3, 0.4) is 0 Å². The molecule has 1 aromatic rings. The fraction of sp³-hybridized carbons (Fsp3) is 0.714. The Balaban J connectivity index is 2.13. The highest BCUT2D eigenvalue weighted by Crippen LogP contribution is 2.23. The third kappa shape index (κ3) is 3.22. The summed E-state index contributed by atoms with van der Waals surface area (Å²) in [5, 5.41) is 8.55. The van der Waals surface area contributed by atoms with Crippen molar-refractivity contribution in [3.63, 3.8) is 0 Å². The van der Waals surface area contributed by atoms with Crippen molar-refractivity contribution in [2.24, 2.45) is 11.7 Å². The van der Waals surface area contributed by atoms with E-state index in [2.05, 4.69) is 29.1 Å². The van der Waals surface area contributed by atoms with E-state index < -0.39 is 0 Å². The normalized spacial score (nSPS) is 19.5. The van der Waals surface area contributed by atoms with Crippen LogP contribution in [0.5, 0.6) is 0 Å². The molecule has 0 aliphatic carbocycles. The number of nitrogens with zero attached hydrogens (tertiary/aromatic N) is 3. The summed E-state index contributed by atoms with van der Waals surface area (Å²) in [6.45, 7) is 7.24. The van der Waals surface area contributed by atoms with Crippen molar-refractivity contribution in [1.82, 2.24) is 10.2 Å². The molecule has 0 spiro atoms. The Morgan fingerprint density at radius 3 is 2.79 bits per heavy atom. The first-order valence-corrected chi connectivity index (χ1v) is 6.95. The maximum Gasteiger partial charge on any atom is 0.155 e. The lowest BCUT2D eigenvalue weighted by atomic mass is 10.0. The van der Waals surface area contributed by atoms with Crippen molar-refractivity contribution in [3.8, 4) is 0 Å². The number of rotatable bonds is 4. The average molecular weight is 264 g/mol. The molecule has 5 heteroatoms. The monoisotopic (exact) mass is 264 g/mol. The van der Waals surface area contributed by atoms with E-state index in [1.165, 1.54) is 6.42 Å². The Hall–Kier alpha value is -1.20. The quantitative estimate of drug-likeness (QED) is 0.891. The van der Waals surface area contributed by atoms with Gasteiger partial charge in [0.25, 0.3) is 0 Å². The smallest absolute Gasteiger partial charge is 0.155 e. The minimum atomic E-state index is 0.503. The number of aromatic nitrogens is 2. The molecule has 0 aromatic carbocycles. The van der Waals surface area contributed by atoms with Gasteiger partial charge in [-0.2, -0.15) is 5.10 Å². The molecule has 1 unspecified atom stereocenters. The van der Waals surface area contributed by atoms with Crippen molar-refractivity contribution < 1.29 is 4.74 Å². The maximum atomic E-state index is 5.87. The van der Waals surface area contributed by atoms with Crippen molar-refractivity contribution in [2.45, 2.75) is 33.2 Å². The van der Waals surface area contributed by atoms with Crippen LogP contribution < -0.4 is 10.6 Å². The molecule has 106 valence electrons. The van der Waals surface area contributed by atoms with Crippen molar-refractivity contribution in [3.05, 3.63) is 16.8 Å². The summed E-state index contributed by atoms with van der Waals surface area (Å²) in [4.78, 5) is 2.17. The Morgan fingerprint density at radius 1 is 1.37 bits per heavy atom. The molecule has 0 amide bonds. The number of anilines is 1. The van der Waals surface area contributed by atoms with Crippen molar-refractivity contribution >= 4 is 5.82 Å². The zero-order valence-electron chi connectivity index (χ0n) is 12.1. The predicted octanol–water partition coefficient (Wildman–Crippen LogP) is 1.41. The molecule has 5 nitrogen and oxygen atoms in total. The first-order valence-electron chi connectivity index (χ1n) is 6.95. The summed E-state index contributed by atoms with van der Waals surface area (Å²) in [5.74, 6) is 1.49. The number of nitrogens with two attached hydrogens (primary N) is 1. The average Bonchev–Trinajstić information content (AvgIpc) is 2.42. The first kappa shape index (κ1) is 14.2. The molecular formula is C14H24N4O. The van der Waals surface area contributed by atoms with Crippen LogP contribution in [0.25, 0.3) is 0 Å². The Bertz CT molecular complexity index is 430. The SMILES string of the molecule is Cc1nnc(N(C)CC2CCCOC2)c(CN)c1C. The fourth-order valence-electron chi connectivity index (χ4n) is 2.62. The second-order valence-corrected chi connectivity index (χ2v) is 5.38. The number of hydrogen-bond acceptors (Lipinski definition) is 5. The summed E-state index contributed by atoms with van der Waals surface area (Å²) in [5.41, 5.74) is 9.08. The van der Waals surface area contributed by atoms with E-state index in [4.69, 9.17) is 10.5 Å². The van der Waals surface area contributed by atoms with Crippen LogP contribution in [0.2, 0.25) is 0 Å². The molecule has 0 radical (unpaired) electrons. The van der Waals surface area contributed by atoms with E-state index in [1.807, 2.05) is 6.92 Å². The molecule has 0 bridgehead atoms. The Kier molecular flexibility index (Phi) is 4.71. The highest BCUT2D eigenvalue weighted by molar-refractivity contribution is 5.50. The minimum Gasteiger partial charge on any atom is -0.381 e. The van der Waals surface area contributed by atoms with Crippen LogP contribution in [-0.4, -0.2) is 37.0 Å². The predicted molar refractivity (Wildman–Crippen MR) is 76.2 cm³/mol. The largest absolute Gasteiger partial charge is 0.381 e. The van der Waals surface area contributed by atoms with E-state index >= 15 is 0 Å². The van der Waals surface area contributed by atoms with Crippen LogP contribution in [0.1, 0.15) is 29.7 Å². The topological polar surface area (TPSA) is 64.3 Å². The van der Waals surface area contributed by atoms with Crippen molar-refractivity contribution in [1.29, 1.82) is 0 Å². The molecular weight excluding hydrogens is 240 g/mol. The minimum absolute atomic E-state index is 0.503. The second-order valence-electron chi connectivity index (χ2n) is 5.38. The lowest BCUT2D eigenvalue weighted by Crippen LogP contribution is -2.32. The van der Waals surface area contributed by atoms with E-state index in [-0.39, 0.29) is 0 Å². The third-order valence-electron chi connectivity index (χ3n) is 3.91. The summed E-state index contributed by atoms with van der Waals surface area (Å²) in [6.07, 6.45) is 2.38. The second kappa shape index (κ2) is 6.30. The maximum absolute atomic E-state index is 5.87. The molecule has 1 fully saturated rings.